The molecule has 0 bridgehead atoms. The van der Waals surface area contributed by atoms with E-state index in [-0.39, 0.29) is 4.90 Å². The van der Waals surface area contributed by atoms with Gasteiger partial charge in [-0.05, 0) is 49.7 Å². The number of rotatable bonds is 3. The average molecular weight is 350 g/mol. The molecule has 0 amide bonds. The molecule has 0 radical (unpaired) electrons. The lowest BCUT2D eigenvalue weighted by atomic mass is 10.2. The smallest absolute Gasteiger partial charge is 0.261 e. The molecule has 0 spiro atoms. The summed E-state index contributed by atoms with van der Waals surface area (Å²) in [5.74, 6) is 0.827. The van der Waals surface area contributed by atoms with Gasteiger partial charge in [0, 0.05) is 12.1 Å². The van der Waals surface area contributed by atoms with Gasteiger partial charge >= 0.3 is 0 Å². The fourth-order valence-electron chi connectivity index (χ4n) is 2.38. The van der Waals surface area contributed by atoms with Gasteiger partial charge in [-0.15, -0.1) is 0 Å². The fraction of sp³-hybridized carbons (Fsp3) is 0.188. The second-order valence-corrected chi connectivity index (χ2v) is 7.55. The van der Waals surface area contributed by atoms with Crippen LogP contribution >= 0.6 is 11.6 Å². The minimum atomic E-state index is -3.71. The highest BCUT2D eigenvalue weighted by atomic mass is 35.5. The molecular weight excluding hydrogens is 334 g/mol. The Morgan fingerprint density at radius 1 is 1.13 bits per heavy atom. The molecule has 1 heterocycles. The molecule has 3 aromatic rings. The molecule has 7 heteroatoms. The second-order valence-electron chi connectivity index (χ2n) is 5.43. The van der Waals surface area contributed by atoms with Gasteiger partial charge in [-0.2, -0.15) is 0 Å². The van der Waals surface area contributed by atoms with Crippen LogP contribution in [0.4, 0.5) is 5.69 Å². The second kappa shape index (κ2) is 5.54. The predicted molar refractivity (Wildman–Crippen MR) is 92.4 cm³/mol. The molecule has 0 atom stereocenters. The van der Waals surface area contributed by atoms with Crippen molar-refractivity contribution in [1.29, 1.82) is 0 Å². The number of sulfonamides is 1. The third-order valence-corrected chi connectivity index (χ3v) is 5.43. The van der Waals surface area contributed by atoms with Crippen LogP contribution in [0.3, 0.4) is 0 Å². The lowest BCUT2D eigenvalue weighted by Gasteiger charge is -2.11. The van der Waals surface area contributed by atoms with E-state index in [1.54, 1.807) is 36.4 Å². The Hall–Kier alpha value is -2.05. The Balaban J connectivity index is 2.04. The van der Waals surface area contributed by atoms with E-state index in [0.29, 0.717) is 16.2 Å². The molecule has 0 aliphatic rings. The molecule has 5 nitrogen and oxygen atoms in total. The van der Waals surface area contributed by atoms with Crippen molar-refractivity contribution in [3.8, 4) is 0 Å². The van der Waals surface area contributed by atoms with E-state index in [1.807, 2.05) is 25.5 Å². The van der Waals surface area contributed by atoms with E-state index in [2.05, 4.69) is 9.71 Å². The lowest BCUT2D eigenvalue weighted by molar-refractivity contribution is 0.601. The highest BCUT2D eigenvalue weighted by Gasteiger charge is 2.17. The molecule has 0 unspecified atom stereocenters. The first-order chi connectivity index (χ1) is 10.8. The van der Waals surface area contributed by atoms with E-state index < -0.39 is 10.0 Å². The maximum Gasteiger partial charge on any atom is 0.261 e. The van der Waals surface area contributed by atoms with Crippen LogP contribution in [0.5, 0.6) is 0 Å². The highest BCUT2D eigenvalue weighted by molar-refractivity contribution is 7.92. The van der Waals surface area contributed by atoms with Gasteiger partial charge in [-0.25, -0.2) is 13.4 Å². The number of benzene rings is 2. The maximum atomic E-state index is 12.6. The SMILES string of the molecule is Cc1ccc(Cl)cc1NS(=O)(=O)c1ccc2c(c1)nc(C)n2C. The number of fused-ring (bicyclic) bond motifs is 1. The van der Waals surface area contributed by atoms with Crippen molar-refractivity contribution in [3.63, 3.8) is 0 Å². The average Bonchev–Trinajstić information content (AvgIpc) is 2.77. The van der Waals surface area contributed by atoms with Gasteiger partial charge in [0.2, 0.25) is 0 Å². The number of halogens is 1. The van der Waals surface area contributed by atoms with E-state index in [9.17, 15) is 8.42 Å². The topological polar surface area (TPSA) is 64.0 Å². The minimum Gasteiger partial charge on any atom is -0.331 e. The zero-order valence-corrected chi connectivity index (χ0v) is 14.5. The fourth-order valence-corrected chi connectivity index (χ4v) is 3.69. The highest BCUT2D eigenvalue weighted by Crippen LogP contribution is 2.25. The molecular formula is C16H16ClN3O2S. The Kier molecular flexibility index (Phi) is 3.82. The van der Waals surface area contributed by atoms with Crippen LogP contribution in [0.1, 0.15) is 11.4 Å². The predicted octanol–water partition coefficient (Wildman–Crippen LogP) is 3.64. The Morgan fingerprint density at radius 2 is 1.87 bits per heavy atom. The number of hydrogen-bond acceptors (Lipinski definition) is 3. The molecule has 120 valence electrons. The van der Waals surface area contributed by atoms with Crippen molar-refractivity contribution in [2.75, 3.05) is 4.72 Å². The summed E-state index contributed by atoms with van der Waals surface area (Å²) in [4.78, 5) is 4.54. The summed E-state index contributed by atoms with van der Waals surface area (Å²) < 4.78 is 29.7. The largest absolute Gasteiger partial charge is 0.331 e. The number of hydrogen-bond donors (Lipinski definition) is 1. The van der Waals surface area contributed by atoms with Gasteiger partial charge in [-0.3, -0.25) is 4.72 Å². The van der Waals surface area contributed by atoms with Gasteiger partial charge in [0.25, 0.3) is 10.0 Å². The summed E-state index contributed by atoms with van der Waals surface area (Å²) in [7, 11) is -1.81. The first kappa shape index (κ1) is 15.8. The third kappa shape index (κ3) is 2.92. The zero-order chi connectivity index (χ0) is 16.8. The number of nitrogens with zero attached hydrogens (tertiary/aromatic N) is 2. The minimum absolute atomic E-state index is 0.169. The van der Waals surface area contributed by atoms with E-state index >= 15 is 0 Å². The van der Waals surface area contributed by atoms with Gasteiger partial charge in [-0.1, -0.05) is 17.7 Å². The number of nitrogens with one attached hydrogen (secondary N) is 1. The van der Waals surface area contributed by atoms with Crippen LogP contribution in [-0.4, -0.2) is 18.0 Å². The van der Waals surface area contributed by atoms with Crippen molar-refractivity contribution < 1.29 is 8.42 Å². The quantitative estimate of drug-likeness (QED) is 0.785. The van der Waals surface area contributed by atoms with Gasteiger partial charge < -0.3 is 4.57 Å². The number of anilines is 1. The summed E-state index contributed by atoms with van der Waals surface area (Å²) in [6, 6.07) is 9.99. The summed E-state index contributed by atoms with van der Waals surface area (Å²) in [5, 5.41) is 0.476. The van der Waals surface area contributed by atoms with Crippen molar-refractivity contribution in [2.45, 2.75) is 18.7 Å². The molecule has 2 aromatic carbocycles. The van der Waals surface area contributed by atoms with Gasteiger partial charge in [0.1, 0.15) is 5.82 Å². The van der Waals surface area contributed by atoms with Crippen molar-refractivity contribution in [1.82, 2.24) is 9.55 Å². The molecule has 3 rings (SSSR count). The Bertz CT molecular complexity index is 1010. The Morgan fingerprint density at radius 3 is 2.61 bits per heavy atom. The van der Waals surface area contributed by atoms with Crippen molar-refractivity contribution in [3.05, 3.63) is 52.8 Å². The van der Waals surface area contributed by atoms with Crippen LogP contribution in [-0.2, 0) is 17.1 Å². The number of aromatic nitrogens is 2. The number of imidazole rings is 1. The molecule has 0 aliphatic heterocycles. The standard InChI is InChI=1S/C16H16ClN3O2S/c1-10-4-5-12(17)8-14(10)19-23(21,22)13-6-7-16-15(9-13)18-11(2)20(16)3/h4-9,19H,1-3H3. The molecule has 0 aliphatic carbocycles. The van der Waals surface area contributed by atoms with E-state index in [1.165, 1.54) is 0 Å². The van der Waals surface area contributed by atoms with Gasteiger partial charge in [0.05, 0.1) is 21.6 Å². The van der Waals surface area contributed by atoms with Crippen LogP contribution in [0, 0.1) is 13.8 Å². The normalized spacial score (nSPS) is 11.8. The van der Waals surface area contributed by atoms with Crippen LogP contribution < -0.4 is 4.72 Å². The van der Waals surface area contributed by atoms with E-state index in [4.69, 9.17) is 11.6 Å². The van der Waals surface area contributed by atoms with Crippen LogP contribution in [0.25, 0.3) is 11.0 Å². The first-order valence-electron chi connectivity index (χ1n) is 7.00. The Labute approximate surface area is 140 Å². The molecule has 0 saturated carbocycles. The zero-order valence-electron chi connectivity index (χ0n) is 13.0. The number of aryl methyl sites for hydroxylation is 3. The van der Waals surface area contributed by atoms with E-state index in [0.717, 1.165) is 16.9 Å². The molecule has 0 saturated heterocycles. The monoisotopic (exact) mass is 349 g/mol. The maximum absolute atomic E-state index is 12.6. The summed E-state index contributed by atoms with van der Waals surface area (Å²) in [5.41, 5.74) is 2.80. The molecule has 1 aromatic heterocycles. The summed E-state index contributed by atoms with van der Waals surface area (Å²) in [6.07, 6.45) is 0. The lowest BCUT2D eigenvalue weighted by Crippen LogP contribution is -2.13. The summed E-state index contributed by atoms with van der Waals surface area (Å²) in [6.45, 7) is 3.70. The van der Waals surface area contributed by atoms with Crippen molar-refractivity contribution >= 4 is 38.3 Å². The molecule has 1 N–H and O–H groups in total. The van der Waals surface area contributed by atoms with Gasteiger partial charge in [0.15, 0.2) is 0 Å². The first-order valence-corrected chi connectivity index (χ1v) is 8.86. The third-order valence-electron chi connectivity index (χ3n) is 3.83. The van der Waals surface area contributed by atoms with Crippen LogP contribution in [0.15, 0.2) is 41.3 Å². The summed E-state index contributed by atoms with van der Waals surface area (Å²) >= 11 is 5.94. The van der Waals surface area contributed by atoms with Crippen molar-refractivity contribution in [2.24, 2.45) is 7.05 Å². The van der Waals surface area contributed by atoms with Crippen LogP contribution in [0.2, 0.25) is 5.02 Å². The molecule has 0 fully saturated rings. The molecule has 23 heavy (non-hydrogen) atoms.